The summed E-state index contributed by atoms with van der Waals surface area (Å²) < 4.78 is 46.4. The van der Waals surface area contributed by atoms with E-state index in [1.807, 2.05) is 18.2 Å². The van der Waals surface area contributed by atoms with E-state index in [1.54, 1.807) is 62.6 Å². The SMILES string of the molecule is COc1cccc(Nc2c(C(N)=O)cnc3c(C)cc(S(=O)(=O)c4ccc(-c5ccc(CCCCCNCC(O[Si](C)(C)C(C)(C)C)c6ccc(O)c7c6OCC(=O)N7)cc5)cc4)cc23)c1. The van der Waals surface area contributed by atoms with Crippen molar-refractivity contribution in [3.8, 4) is 28.4 Å². The summed E-state index contributed by atoms with van der Waals surface area (Å²) in [5, 5.41) is 20.5. The number of ether oxygens (including phenoxy) is 2. The molecule has 1 aromatic heterocycles. The Balaban J connectivity index is 0.961. The molecule has 0 radical (unpaired) electrons. The van der Waals surface area contributed by atoms with Crippen LogP contribution in [0, 0.1) is 6.92 Å². The van der Waals surface area contributed by atoms with Gasteiger partial charge in [0.2, 0.25) is 9.84 Å². The molecule has 0 fully saturated rings. The number of hydrogen-bond acceptors (Lipinski definition) is 11. The molecule has 0 bridgehead atoms. The lowest BCUT2D eigenvalue weighted by atomic mass is 10.0. The minimum absolute atomic E-state index is 0.0218. The maximum atomic E-state index is 14.1. The summed E-state index contributed by atoms with van der Waals surface area (Å²) in [4.78, 5) is 29.3. The number of benzene rings is 5. The minimum atomic E-state index is -3.97. The van der Waals surface area contributed by atoms with Gasteiger partial charge >= 0.3 is 0 Å². The first-order valence-corrected chi connectivity index (χ1v) is 26.5. The predicted octanol–water partition coefficient (Wildman–Crippen LogP) is 10.00. The number of aryl methyl sites for hydroxylation is 2. The van der Waals surface area contributed by atoms with Crippen LogP contribution in [0.2, 0.25) is 18.1 Å². The number of nitrogens with one attached hydrogen (secondary N) is 3. The Bertz CT molecular complexity index is 2860. The maximum Gasteiger partial charge on any atom is 0.262 e. The third kappa shape index (κ3) is 10.5. The Hall–Kier alpha value is -6.26. The van der Waals surface area contributed by atoms with Crippen LogP contribution in [-0.4, -0.2) is 65.4 Å². The van der Waals surface area contributed by atoms with E-state index in [2.05, 4.69) is 79.1 Å². The van der Waals surface area contributed by atoms with Gasteiger partial charge in [0, 0.05) is 35.4 Å². The molecule has 2 heterocycles. The number of unbranched alkanes of at least 4 members (excludes halogenated alkanes) is 2. The first-order chi connectivity index (χ1) is 31.4. The second kappa shape index (κ2) is 19.7. The quantitative estimate of drug-likeness (QED) is 0.0313. The van der Waals surface area contributed by atoms with Crippen LogP contribution in [0.4, 0.5) is 17.1 Å². The van der Waals surface area contributed by atoms with Gasteiger partial charge in [0.05, 0.1) is 39.8 Å². The minimum Gasteiger partial charge on any atom is -0.506 e. The highest BCUT2D eigenvalue weighted by atomic mass is 32.2. The summed E-state index contributed by atoms with van der Waals surface area (Å²) in [5.41, 5.74) is 12.2. The average molecular weight is 930 g/mol. The number of primary amides is 1. The second-order valence-electron chi connectivity index (χ2n) is 18.2. The van der Waals surface area contributed by atoms with Crippen LogP contribution in [0.1, 0.15) is 73.2 Å². The first-order valence-electron chi connectivity index (χ1n) is 22.1. The fourth-order valence-corrected chi connectivity index (χ4v) is 10.4. The molecule has 66 heavy (non-hydrogen) atoms. The molecule has 0 saturated carbocycles. The maximum absolute atomic E-state index is 14.1. The van der Waals surface area contributed by atoms with Crippen LogP contribution in [0.3, 0.4) is 0 Å². The monoisotopic (exact) mass is 929 g/mol. The third-order valence-corrected chi connectivity index (χ3v) is 18.8. The number of hydrogen-bond donors (Lipinski definition) is 5. The van der Waals surface area contributed by atoms with E-state index >= 15 is 0 Å². The van der Waals surface area contributed by atoms with Gasteiger partial charge in [-0.05, 0) is 122 Å². The van der Waals surface area contributed by atoms with Gasteiger partial charge in [0.25, 0.3) is 11.8 Å². The number of nitrogens with zero attached hydrogens (tertiary/aromatic N) is 1. The van der Waals surface area contributed by atoms with Crippen molar-refractivity contribution in [2.24, 2.45) is 5.73 Å². The smallest absolute Gasteiger partial charge is 0.262 e. The van der Waals surface area contributed by atoms with Gasteiger partial charge in [0.1, 0.15) is 17.2 Å². The van der Waals surface area contributed by atoms with E-state index < -0.39 is 24.1 Å². The van der Waals surface area contributed by atoms with Gasteiger partial charge in [-0.1, -0.05) is 69.7 Å². The van der Waals surface area contributed by atoms with Crippen molar-refractivity contribution < 1.29 is 37.0 Å². The Labute approximate surface area is 388 Å². The summed E-state index contributed by atoms with van der Waals surface area (Å²) in [5.74, 6) is 0.0107. The molecular weight excluding hydrogens is 871 g/mol. The molecule has 0 saturated heterocycles. The molecule has 1 aliphatic rings. The number of phenols is 1. The van der Waals surface area contributed by atoms with Crippen molar-refractivity contribution in [2.45, 2.75) is 87.4 Å². The Morgan fingerprint density at radius 2 is 1.67 bits per heavy atom. The lowest BCUT2D eigenvalue weighted by molar-refractivity contribution is -0.118. The van der Waals surface area contributed by atoms with Crippen LogP contribution >= 0.6 is 0 Å². The fourth-order valence-electron chi connectivity index (χ4n) is 7.76. The summed E-state index contributed by atoms with van der Waals surface area (Å²) in [6, 6.07) is 28.9. The molecule has 346 valence electrons. The number of carbonyl (C=O) groups excluding carboxylic acids is 2. The molecule has 15 heteroatoms. The number of phenolic OH excluding ortho intramolecular Hbond substituents is 1. The lowest BCUT2D eigenvalue weighted by Crippen LogP contribution is -2.43. The van der Waals surface area contributed by atoms with Gasteiger partial charge in [-0.25, -0.2) is 8.42 Å². The highest BCUT2D eigenvalue weighted by molar-refractivity contribution is 7.91. The number of aromatic nitrogens is 1. The Morgan fingerprint density at radius 1 is 0.955 bits per heavy atom. The van der Waals surface area contributed by atoms with Gasteiger partial charge in [-0.15, -0.1) is 0 Å². The van der Waals surface area contributed by atoms with Crippen LogP contribution in [0.25, 0.3) is 22.0 Å². The van der Waals surface area contributed by atoms with Crippen LogP contribution < -0.4 is 31.2 Å². The van der Waals surface area contributed by atoms with Crippen molar-refractivity contribution in [1.29, 1.82) is 0 Å². The standard InChI is InChI=1S/C51H59N5O8SSi/c1-32-26-39(28-41-46(32)54-29-42(50(52)59)47(41)55-36-13-11-14-37(27-36)62-5)65(60,61)38-21-19-35(20-22-38)34-17-15-33(16-18-34)12-9-8-10-25-53-30-44(64-66(6,7)51(2,3)4)40-23-24-43(57)48-49(40)63-31-45(58)56-48/h11,13-24,26-29,44,53,57H,8-10,12,25,30-31H2,1-7H3,(H2,52,59)(H,54,55)(H,56,58). The number of pyridine rings is 1. The average Bonchev–Trinajstić information content (AvgIpc) is 3.28. The van der Waals surface area contributed by atoms with Crippen LogP contribution in [0.5, 0.6) is 17.2 Å². The zero-order valence-corrected chi connectivity index (χ0v) is 40.4. The fraction of sp³-hybridized carbons (Fsp3) is 0.314. The largest absolute Gasteiger partial charge is 0.506 e. The van der Waals surface area contributed by atoms with Gasteiger partial charge in [-0.2, -0.15) is 0 Å². The molecule has 0 aliphatic carbocycles. The Morgan fingerprint density at radius 3 is 2.35 bits per heavy atom. The molecule has 6 aromatic rings. The zero-order chi connectivity index (χ0) is 47.4. The second-order valence-corrected chi connectivity index (χ2v) is 24.9. The number of fused-ring (bicyclic) bond motifs is 2. The molecule has 1 unspecified atom stereocenters. The van der Waals surface area contributed by atoms with E-state index in [4.69, 9.17) is 19.6 Å². The molecule has 13 nitrogen and oxygen atoms in total. The summed E-state index contributed by atoms with van der Waals surface area (Å²) >= 11 is 0. The van der Waals surface area contributed by atoms with Crippen LogP contribution in [-0.2, 0) is 25.5 Å². The normalized spacial score (nSPS) is 13.4. The van der Waals surface area contributed by atoms with Crippen molar-refractivity contribution in [1.82, 2.24) is 10.3 Å². The van der Waals surface area contributed by atoms with Gasteiger partial charge in [-0.3, -0.25) is 14.6 Å². The molecule has 5 aromatic carbocycles. The molecule has 6 N–H and O–H groups in total. The molecule has 0 spiro atoms. The van der Waals surface area contributed by atoms with E-state index in [0.717, 1.165) is 48.9 Å². The number of aromatic hydroxyl groups is 1. The number of carbonyl (C=O) groups is 2. The first kappa shape index (κ1) is 47.7. The summed E-state index contributed by atoms with van der Waals surface area (Å²) in [6.45, 7) is 14.0. The molecule has 7 rings (SSSR count). The lowest BCUT2D eigenvalue weighted by Gasteiger charge is -2.40. The topological polar surface area (TPSA) is 191 Å². The number of anilines is 3. The highest BCUT2D eigenvalue weighted by Gasteiger charge is 2.40. The Kier molecular flexibility index (Phi) is 14.2. The zero-order valence-electron chi connectivity index (χ0n) is 38.6. The highest BCUT2D eigenvalue weighted by Crippen LogP contribution is 2.46. The number of rotatable bonds is 18. The number of sulfone groups is 1. The number of nitrogens with two attached hydrogens (primary N) is 1. The van der Waals surface area contributed by atoms with Crippen molar-refractivity contribution in [2.75, 3.05) is 37.4 Å². The van der Waals surface area contributed by atoms with Crippen molar-refractivity contribution in [3.05, 3.63) is 126 Å². The van der Waals surface area contributed by atoms with Crippen LogP contribution in [0.15, 0.2) is 113 Å². The van der Waals surface area contributed by atoms with E-state index in [1.165, 1.54) is 17.8 Å². The van der Waals surface area contributed by atoms with Crippen molar-refractivity contribution in [3.63, 3.8) is 0 Å². The molecule has 1 aliphatic heterocycles. The molecular formula is C51H59N5O8SSi. The predicted molar refractivity (Wildman–Crippen MR) is 262 cm³/mol. The molecule has 1 atom stereocenters. The van der Waals surface area contributed by atoms with E-state index in [0.29, 0.717) is 45.9 Å². The number of methoxy groups -OCH3 is 1. The van der Waals surface area contributed by atoms with E-state index in [9.17, 15) is 23.1 Å². The van der Waals surface area contributed by atoms with E-state index in [-0.39, 0.29) is 50.4 Å². The van der Waals surface area contributed by atoms with Gasteiger partial charge < -0.3 is 40.7 Å². The van der Waals surface area contributed by atoms with Gasteiger partial charge in [0.15, 0.2) is 20.7 Å². The third-order valence-electron chi connectivity index (χ3n) is 12.5. The molecule has 2 amide bonds. The van der Waals surface area contributed by atoms with Crippen molar-refractivity contribution >= 4 is 57.9 Å². The number of amides is 2. The summed E-state index contributed by atoms with van der Waals surface area (Å²) in [7, 11) is -4.62. The summed E-state index contributed by atoms with van der Waals surface area (Å²) in [6.07, 6.45) is 5.02.